The summed E-state index contributed by atoms with van der Waals surface area (Å²) in [6.45, 7) is 0. The molecule has 0 saturated heterocycles. The van der Waals surface area contributed by atoms with Gasteiger partial charge < -0.3 is 0 Å². The predicted octanol–water partition coefficient (Wildman–Crippen LogP) is -11.6. The fraction of sp³-hybridized carbons (Fsp3) is 0. The van der Waals surface area contributed by atoms with Crippen LogP contribution in [0.15, 0.2) is 42.5 Å². The van der Waals surface area contributed by atoms with Crippen LogP contribution < -0.4 is 104 Å². The van der Waals surface area contributed by atoms with Gasteiger partial charge in [-0.3, -0.25) is 0 Å². The minimum absolute atomic E-state index is 0.00306. The van der Waals surface area contributed by atoms with Crippen LogP contribution in [0.5, 0.6) is 0 Å². The van der Waals surface area contributed by atoms with Gasteiger partial charge in [0.05, 0.1) is 0 Å². The van der Waals surface area contributed by atoms with E-state index in [0.29, 0.717) is 21.9 Å². The van der Waals surface area contributed by atoms with Crippen molar-refractivity contribution >= 4 is 296 Å². The van der Waals surface area contributed by atoms with Crippen molar-refractivity contribution < 1.29 is 0 Å². The molecule has 0 spiro atoms. The third kappa shape index (κ3) is 5.71. The lowest BCUT2D eigenvalue weighted by Gasteiger charge is -2.32. The molecule has 0 fully saturated rings. The van der Waals surface area contributed by atoms with Crippen LogP contribution in [-0.4, -0.2) is 149 Å². The molecule has 0 aromatic heterocycles. The molecule has 0 nitrogen and oxygen atoms in total. The second-order valence-corrected chi connectivity index (χ2v) is 14.5. The Bertz CT molecular complexity index is 3150. The van der Waals surface area contributed by atoms with Crippen molar-refractivity contribution in [2.24, 2.45) is 0 Å². The van der Waals surface area contributed by atoms with Gasteiger partial charge in [-0.05, 0) is 82.5 Å². The molecule has 0 saturated carbocycles. The fourth-order valence-electron chi connectivity index (χ4n) is 8.40. The normalized spacial score (nSPS) is 11.7. The Kier molecular flexibility index (Phi) is 10.3. The average molecular weight is 693 g/mol. The third-order valence-electron chi connectivity index (χ3n) is 11.5. The van der Waals surface area contributed by atoms with Crippen molar-refractivity contribution in [1.82, 2.24) is 0 Å². The molecular formula is C40H7B19. The molecule has 0 heterocycles. The summed E-state index contributed by atoms with van der Waals surface area (Å²) in [5, 5.41) is 3.20. The number of fused-ring (bicyclic) bond motifs is 4. The van der Waals surface area contributed by atoms with Crippen molar-refractivity contribution in [1.29, 1.82) is 0 Å². The monoisotopic (exact) mass is 696 g/mol. The van der Waals surface area contributed by atoms with E-state index in [-0.39, 0.29) is 148 Å². The Morgan fingerprint density at radius 3 is 0.915 bits per heavy atom. The van der Waals surface area contributed by atoms with E-state index in [0.717, 1.165) is 10.8 Å². The molecule has 38 radical (unpaired) electrons. The highest BCUT2D eigenvalue weighted by atomic mass is 14.3. The van der Waals surface area contributed by atoms with Gasteiger partial charge in [0, 0.05) is 0 Å². The molecule has 8 rings (SSSR count). The SMILES string of the molecule is [B]c1c([B])c([B])c(-c2c([B])c([B])c3c([B])c(-c4c5c([B])c([B])c([B])c([B])c5c(-c5ccc6ccccc6c5)c5c([B])c([B])c([B])c([B])c45)c([B])c([B])c3c2[B])c([B])c1[B]. The molecule has 19 heteroatoms. The molecule has 0 N–H and O–H groups in total. The maximum absolute atomic E-state index is 7.19. The number of hydrogen-bond donors (Lipinski definition) is 0. The van der Waals surface area contributed by atoms with E-state index >= 15 is 0 Å². The number of benzene rings is 8. The Morgan fingerprint density at radius 1 is 0.203 bits per heavy atom. The quantitative estimate of drug-likeness (QED) is 0.128. The molecule has 0 unspecified atom stereocenters. The van der Waals surface area contributed by atoms with Gasteiger partial charge in [-0.25, -0.2) is 0 Å². The summed E-state index contributed by atoms with van der Waals surface area (Å²) in [5.41, 5.74) is 0.892. The third-order valence-corrected chi connectivity index (χ3v) is 11.5. The van der Waals surface area contributed by atoms with E-state index < -0.39 is 0 Å². The van der Waals surface area contributed by atoms with Crippen LogP contribution in [0.4, 0.5) is 0 Å². The molecule has 0 bridgehead atoms. The number of rotatable bonds is 3. The summed E-state index contributed by atoms with van der Waals surface area (Å²) >= 11 is 0. The lowest BCUT2D eigenvalue weighted by molar-refractivity contribution is 1.73. The minimum atomic E-state index is -0.100. The van der Waals surface area contributed by atoms with E-state index in [1.54, 1.807) is 0 Å². The smallest absolute Gasteiger partial charge is 0.112 e. The lowest BCUT2D eigenvalue weighted by Crippen LogP contribution is -2.56. The zero-order valence-corrected chi connectivity index (χ0v) is 31.5. The van der Waals surface area contributed by atoms with Crippen LogP contribution in [0.1, 0.15) is 0 Å². The van der Waals surface area contributed by atoms with Gasteiger partial charge in [0.15, 0.2) is 0 Å². The van der Waals surface area contributed by atoms with Crippen molar-refractivity contribution in [3.8, 4) is 33.4 Å². The first-order chi connectivity index (χ1) is 27.8. The highest BCUT2D eigenvalue weighted by Crippen LogP contribution is 2.40. The molecule has 0 atom stereocenters. The second-order valence-electron chi connectivity index (χ2n) is 14.5. The molecule has 0 aliphatic heterocycles. The Labute approximate surface area is 369 Å². The summed E-state index contributed by atoms with van der Waals surface area (Å²) in [6, 6.07) is 13.6. The summed E-state index contributed by atoms with van der Waals surface area (Å²) in [4.78, 5) is 0. The Morgan fingerprint density at radius 2 is 0.492 bits per heavy atom. The summed E-state index contributed by atoms with van der Waals surface area (Å²) < 4.78 is 0. The minimum Gasteiger partial charge on any atom is -0.112 e. The Hall–Kier alpha value is -3.97. The van der Waals surface area contributed by atoms with Crippen molar-refractivity contribution in [2.45, 2.75) is 0 Å². The summed E-state index contributed by atoms with van der Waals surface area (Å²) in [6.07, 6.45) is 0. The molecule has 0 aliphatic carbocycles. The Balaban J connectivity index is 1.64. The van der Waals surface area contributed by atoms with Crippen LogP contribution in [0.3, 0.4) is 0 Å². The van der Waals surface area contributed by atoms with Gasteiger partial charge in [-0.1, -0.05) is 102 Å². The highest BCUT2D eigenvalue weighted by Gasteiger charge is 2.28. The lowest BCUT2D eigenvalue weighted by atomic mass is 9.55. The molecule has 0 amide bonds. The molecule has 0 aliphatic rings. The van der Waals surface area contributed by atoms with E-state index in [4.69, 9.17) is 149 Å². The van der Waals surface area contributed by atoms with Gasteiger partial charge in [0.25, 0.3) is 0 Å². The van der Waals surface area contributed by atoms with Crippen LogP contribution in [0.25, 0.3) is 76.5 Å². The first kappa shape index (κ1) is 41.8. The van der Waals surface area contributed by atoms with Crippen LogP contribution in [-0.2, 0) is 0 Å². The van der Waals surface area contributed by atoms with E-state index in [1.165, 1.54) is 0 Å². The van der Waals surface area contributed by atoms with Gasteiger partial charge in [-0.15, -0.1) is 38.2 Å². The van der Waals surface area contributed by atoms with Crippen molar-refractivity contribution in [2.75, 3.05) is 0 Å². The first-order valence-corrected chi connectivity index (χ1v) is 17.8. The van der Waals surface area contributed by atoms with Gasteiger partial charge in [0.1, 0.15) is 149 Å². The maximum Gasteiger partial charge on any atom is 0.115 e. The van der Waals surface area contributed by atoms with Crippen LogP contribution in [0, 0.1) is 0 Å². The zero-order chi connectivity index (χ0) is 43.0. The van der Waals surface area contributed by atoms with Gasteiger partial charge in [-0.2, -0.15) is 0 Å². The summed E-state index contributed by atoms with van der Waals surface area (Å²) in [7, 11) is 127. The fourth-order valence-corrected chi connectivity index (χ4v) is 8.40. The van der Waals surface area contributed by atoms with Gasteiger partial charge in [0.2, 0.25) is 0 Å². The number of hydrogen-bond acceptors (Lipinski definition) is 0. The van der Waals surface area contributed by atoms with Crippen LogP contribution in [0.2, 0.25) is 0 Å². The maximum atomic E-state index is 7.19. The standard InChI is InChI=1S/C40H7B19/c41-22-17(28(47)29(48)19-18(22)30(49)31(50)20(23(19)42)21-32(51)38(57)40(59)39(58)33(21)52)12-15-13(24(43)34(53)36(55)26(15)45)11(10-6-5-8-3-1-2-4-9(8)7-10)14-16(12)27(46)37(56)35(54)25(14)44/h1-7H. The second kappa shape index (κ2) is 14.6. The largest absolute Gasteiger partial charge is 0.115 e. The molecule has 8 aromatic carbocycles. The zero-order valence-electron chi connectivity index (χ0n) is 31.5. The molecule has 59 heavy (non-hydrogen) atoms. The van der Waals surface area contributed by atoms with Gasteiger partial charge >= 0.3 is 0 Å². The topological polar surface area (TPSA) is 0 Å². The van der Waals surface area contributed by atoms with E-state index in [2.05, 4.69) is 0 Å². The summed E-state index contributed by atoms with van der Waals surface area (Å²) in [5.74, 6) is 0. The van der Waals surface area contributed by atoms with Crippen molar-refractivity contribution in [3.05, 3.63) is 42.5 Å². The average Bonchev–Trinajstić information content (AvgIpc) is 3.22. The van der Waals surface area contributed by atoms with Crippen LogP contribution >= 0.6 is 0 Å². The molecule has 8 aromatic rings. The molecular weight excluding hydrogens is 686 g/mol. The highest BCUT2D eigenvalue weighted by molar-refractivity contribution is 6.75. The first-order valence-electron chi connectivity index (χ1n) is 17.8. The van der Waals surface area contributed by atoms with E-state index in [9.17, 15) is 0 Å². The predicted molar refractivity (Wildman–Crippen MR) is 275 cm³/mol. The van der Waals surface area contributed by atoms with E-state index in [1.807, 2.05) is 42.5 Å². The van der Waals surface area contributed by atoms with Crippen molar-refractivity contribution in [3.63, 3.8) is 0 Å². The molecule has 224 valence electrons.